The molecule has 2 heterocycles. The Balaban J connectivity index is 2.08. The molecule has 1 unspecified atom stereocenters. The van der Waals surface area contributed by atoms with E-state index < -0.39 is 0 Å². The fourth-order valence-corrected chi connectivity index (χ4v) is 4.00. The van der Waals surface area contributed by atoms with Crippen molar-refractivity contribution in [3.8, 4) is 0 Å². The average molecular weight is 295 g/mol. The molecule has 0 radical (unpaired) electrons. The minimum Gasteiger partial charge on any atom is -0.312 e. The van der Waals surface area contributed by atoms with Gasteiger partial charge < -0.3 is 5.32 Å². The van der Waals surface area contributed by atoms with Crippen molar-refractivity contribution >= 4 is 11.3 Å². The minimum absolute atomic E-state index is 0.190. The van der Waals surface area contributed by atoms with Gasteiger partial charge in [0.1, 0.15) is 0 Å². The molecular weight excluding hydrogens is 266 g/mol. The average Bonchev–Trinajstić information content (AvgIpc) is 2.85. The Morgan fingerprint density at radius 2 is 2.05 bits per heavy atom. The normalized spacial score (nSPS) is 19.2. The van der Waals surface area contributed by atoms with Crippen molar-refractivity contribution in [1.29, 1.82) is 0 Å². The second-order valence-electron chi connectivity index (χ2n) is 6.40. The van der Waals surface area contributed by atoms with E-state index in [1.54, 1.807) is 11.3 Å². The van der Waals surface area contributed by atoms with E-state index >= 15 is 0 Å². The number of rotatable bonds is 6. The lowest BCUT2D eigenvalue weighted by Gasteiger charge is -2.46. The summed E-state index contributed by atoms with van der Waals surface area (Å²) in [5.74, 6) is 0. The zero-order valence-corrected chi connectivity index (χ0v) is 14.2. The van der Waals surface area contributed by atoms with Crippen LogP contribution < -0.4 is 5.32 Å². The van der Waals surface area contributed by atoms with Gasteiger partial charge in [-0.2, -0.15) is 0 Å². The van der Waals surface area contributed by atoms with Crippen molar-refractivity contribution in [3.63, 3.8) is 0 Å². The molecule has 20 heavy (non-hydrogen) atoms. The lowest BCUT2D eigenvalue weighted by atomic mass is 9.88. The monoisotopic (exact) mass is 295 g/mol. The maximum atomic E-state index is 4.65. The number of hydrogen-bond donors (Lipinski definition) is 1. The van der Waals surface area contributed by atoms with Gasteiger partial charge in [-0.3, -0.25) is 4.90 Å². The van der Waals surface area contributed by atoms with Gasteiger partial charge in [0.25, 0.3) is 0 Å². The van der Waals surface area contributed by atoms with Crippen LogP contribution in [0.5, 0.6) is 0 Å². The second kappa shape index (κ2) is 7.01. The van der Waals surface area contributed by atoms with Crippen LogP contribution in [-0.2, 0) is 6.42 Å². The fraction of sp³-hybridized carbons (Fsp3) is 0.812. The maximum absolute atomic E-state index is 4.65. The lowest BCUT2D eigenvalue weighted by Crippen LogP contribution is -2.59. The minimum atomic E-state index is 0.190. The molecule has 0 aromatic carbocycles. The molecule has 0 saturated carbocycles. The molecule has 2 rings (SSSR count). The number of thiazole rings is 1. The highest BCUT2D eigenvalue weighted by Gasteiger charge is 2.35. The van der Waals surface area contributed by atoms with E-state index in [1.165, 1.54) is 37.4 Å². The lowest BCUT2D eigenvalue weighted by molar-refractivity contribution is 0.0616. The molecule has 1 aliphatic heterocycles. The summed E-state index contributed by atoms with van der Waals surface area (Å²) < 4.78 is 0. The number of aromatic nitrogens is 1. The first-order valence-corrected chi connectivity index (χ1v) is 8.81. The molecule has 0 amide bonds. The Morgan fingerprint density at radius 3 is 2.60 bits per heavy atom. The van der Waals surface area contributed by atoms with Crippen LogP contribution in [0.3, 0.4) is 0 Å². The zero-order valence-electron chi connectivity index (χ0n) is 13.4. The van der Waals surface area contributed by atoms with Gasteiger partial charge in [-0.25, -0.2) is 4.98 Å². The molecular formula is C16H29N3S. The van der Waals surface area contributed by atoms with Crippen molar-refractivity contribution in [2.75, 3.05) is 19.6 Å². The van der Waals surface area contributed by atoms with Crippen molar-refractivity contribution in [2.45, 2.75) is 65.0 Å². The van der Waals surface area contributed by atoms with E-state index in [9.17, 15) is 0 Å². The zero-order chi connectivity index (χ0) is 14.6. The highest BCUT2D eigenvalue weighted by molar-refractivity contribution is 7.09. The van der Waals surface area contributed by atoms with E-state index in [1.807, 2.05) is 0 Å². The number of likely N-dealkylation sites (N-methyl/N-ethyl adjacent to an activating group) is 1. The molecule has 1 aromatic rings. The summed E-state index contributed by atoms with van der Waals surface area (Å²) in [5, 5.41) is 7.12. The first kappa shape index (κ1) is 15.9. The Hall–Kier alpha value is -0.450. The summed E-state index contributed by atoms with van der Waals surface area (Å²) >= 11 is 1.80. The van der Waals surface area contributed by atoms with E-state index in [2.05, 4.69) is 48.3 Å². The quantitative estimate of drug-likeness (QED) is 0.873. The van der Waals surface area contributed by atoms with Crippen LogP contribution in [0.1, 0.15) is 50.7 Å². The van der Waals surface area contributed by atoms with Crippen LogP contribution in [0.25, 0.3) is 0 Å². The molecule has 0 bridgehead atoms. The number of nitrogens with zero attached hydrogens (tertiary/aromatic N) is 2. The van der Waals surface area contributed by atoms with Gasteiger partial charge in [-0.05, 0) is 53.2 Å². The highest BCUT2D eigenvalue weighted by Crippen LogP contribution is 2.26. The molecule has 1 aromatic heterocycles. The van der Waals surface area contributed by atoms with Crippen LogP contribution in [-0.4, -0.2) is 41.1 Å². The van der Waals surface area contributed by atoms with E-state index in [0.717, 1.165) is 18.7 Å². The first-order chi connectivity index (χ1) is 9.54. The van der Waals surface area contributed by atoms with Crippen molar-refractivity contribution in [1.82, 2.24) is 15.2 Å². The predicted molar refractivity (Wildman–Crippen MR) is 87.5 cm³/mol. The molecule has 3 nitrogen and oxygen atoms in total. The van der Waals surface area contributed by atoms with E-state index in [4.69, 9.17) is 0 Å². The Kier molecular flexibility index (Phi) is 5.58. The first-order valence-electron chi connectivity index (χ1n) is 7.93. The highest BCUT2D eigenvalue weighted by atomic mass is 32.1. The van der Waals surface area contributed by atoms with E-state index in [-0.39, 0.29) is 5.54 Å². The summed E-state index contributed by atoms with van der Waals surface area (Å²) in [6.07, 6.45) is 5.12. The van der Waals surface area contributed by atoms with Crippen LogP contribution >= 0.6 is 11.3 Å². The second-order valence-corrected chi connectivity index (χ2v) is 7.34. The predicted octanol–water partition coefficient (Wildman–Crippen LogP) is 3.24. The topological polar surface area (TPSA) is 28.2 Å². The van der Waals surface area contributed by atoms with Crippen LogP contribution in [0, 0.1) is 6.92 Å². The van der Waals surface area contributed by atoms with Crippen LogP contribution in [0.15, 0.2) is 5.38 Å². The van der Waals surface area contributed by atoms with Gasteiger partial charge in [-0.15, -0.1) is 11.3 Å². The van der Waals surface area contributed by atoms with Crippen molar-refractivity contribution in [2.24, 2.45) is 0 Å². The maximum Gasteiger partial charge on any atom is 0.0944 e. The van der Waals surface area contributed by atoms with Crippen molar-refractivity contribution < 1.29 is 0 Å². The molecule has 1 saturated heterocycles. The summed E-state index contributed by atoms with van der Waals surface area (Å²) in [6, 6.07) is 0.469. The summed E-state index contributed by atoms with van der Waals surface area (Å²) in [4.78, 5) is 7.32. The largest absolute Gasteiger partial charge is 0.312 e. The Bertz CT molecular complexity index is 408. The smallest absolute Gasteiger partial charge is 0.0944 e. The van der Waals surface area contributed by atoms with Gasteiger partial charge in [-0.1, -0.05) is 13.3 Å². The fourth-order valence-electron chi connectivity index (χ4n) is 3.18. The van der Waals surface area contributed by atoms with Gasteiger partial charge in [0.05, 0.1) is 5.01 Å². The summed E-state index contributed by atoms with van der Waals surface area (Å²) in [7, 11) is 0. The molecule has 1 fully saturated rings. The Morgan fingerprint density at radius 1 is 1.35 bits per heavy atom. The van der Waals surface area contributed by atoms with Crippen molar-refractivity contribution in [3.05, 3.63) is 16.1 Å². The molecule has 4 heteroatoms. The molecule has 1 N–H and O–H groups in total. The Labute approximate surface area is 127 Å². The van der Waals surface area contributed by atoms with Gasteiger partial charge in [0.15, 0.2) is 0 Å². The van der Waals surface area contributed by atoms with Crippen LogP contribution in [0.2, 0.25) is 0 Å². The SMILES string of the molecule is CCNC(Cc1nc(C)cs1)C(C)(C)N1CCCCC1. The third-order valence-electron chi connectivity index (χ3n) is 4.52. The van der Waals surface area contributed by atoms with E-state index in [0.29, 0.717) is 6.04 Å². The number of aryl methyl sites for hydroxylation is 1. The molecule has 0 aliphatic carbocycles. The molecule has 0 spiro atoms. The van der Waals surface area contributed by atoms with Gasteiger partial charge in [0.2, 0.25) is 0 Å². The summed E-state index contributed by atoms with van der Waals surface area (Å²) in [6.45, 7) is 12.6. The number of hydrogen-bond acceptors (Lipinski definition) is 4. The third kappa shape index (κ3) is 3.80. The third-order valence-corrected chi connectivity index (χ3v) is 5.51. The summed E-state index contributed by atoms with van der Waals surface area (Å²) in [5.41, 5.74) is 1.34. The number of likely N-dealkylation sites (tertiary alicyclic amines) is 1. The standard InChI is InChI=1S/C16H29N3S/c1-5-17-14(11-15-18-13(2)12-20-15)16(3,4)19-9-7-6-8-10-19/h12,14,17H,5-11H2,1-4H3. The number of piperidine rings is 1. The van der Waals surface area contributed by atoms with Gasteiger partial charge >= 0.3 is 0 Å². The number of nitrogens with one attached hydrogen (secondary N) is 1. The molecule has 1 aliphatic rings. The van der Waals surface area contributed by atoms with Crippen LogP contribution in [0.4, 0.5) is 0 Å². The molecule has 1 atom stereocenters. The van der Waals surface area contributed by atoms with Gasteiger partial charge in [0, 0.05) is 29.1 Å². The molecule has 114 valence electrons.